The molecule has 2 heterocycles. The summed E-state index contributed by atoms with van der Waals surface area (Å²) in [5, 5.41) is 2.69. The van der Waals surface area contributed by atoms with Gasteiger partial charge in [0.25, 0.3) is 5.91 Å². The van der Waals surface area contributed by atoms with Gasteiger partial charge in [-0.05, 0) is 42.8 Å². The molecule has 1 aromatic carbocycles. The number of esters is 1. The average Bonchev–Trinajstić information content (AvgIpc) is 3.11. The van der Waals surface area contributed by atoms with E-state index in [0.29, 0.717) is 30.5 Å². The average molecular weight is 371 g/mol. The van der Waals surface area contributed by atoms with Crippen LogP contribution >= 0.6 is 0 Å². The second kappa shape index (κ2) is 8.93. The third kappa shape index (κ3) is 5.37. The van der Waals surface area contributed by atoms with E-state index in [1.54, 1.807) is 37.3 Å². The van der Waals surface area contributed by atoms with Crippen molar-refractivity contribution in [1.29, 1.82) is 0 Å². The third-order valence-corrected chi connectivity index (χ3v) is 3.88. The largest absolute Gasteiger partial charge is 0.490 e. The van der Waals surface area contributed by atoms with Gasteiger partial charge in [0.15, 0.2) is 18.1 Å². The van der Waals surface area contributed by atoms with E-state index in [4.69, 9.17) is 18.6 Å². The first-order valence-electron chi connectivity index (χ1n) is 8.69. The summed E-state index contributed by atoms with van der Waals surface area (Å²) in [7, 11) is 0. The van der Waals surface area contributed by atoms with Crippen LogP contribution in [0.2, 0.25) is 0 Å². The van der Waals surface area contributed by atoms with E-state index in [0.717, 1.165) is 12.0 Å². The van der Waals surface area contributed by atoms with Crippen molar-refractivity contribution in [3.05, 3.63) is 54.0 Å². The van der Waals surface area contributed by atoms with Gasteiger partial charge >= 0.3 is 5.97 Å². The molecule has 142 valence electrons. The molecule has 0 aliphatic carbocycles. The predicted molar refractivity (Wildman–Crippen MR) is 97.3 cm³/mol. The predicted octanol–water partition coefficient (Wildman–Crippen LogP) is 2.87. The lowest BCUT2D eigenvalue weighted by molar-refractivity contribution is -0.144. The number of hydrogen-bond donors (Lipinski definition) is 1. The Labute approximate surface area is 156 Å². The number of hydrogen-bond acceptors (Lipinski definition) is 6. The SMILES string of the molecule is C[C@H](NC(=O)COC(=O)/C=C/c1ccc2c(c1)OCCCO2)c1ccco1. The van der Waals surface area contributed by atoms with E-state index in [9.17, 15) is 9.59 Å². The molecule has 0 spiro atoms. The number of carbonyl (C=O) groups excluding carboxylic acids is 2. The lowest BCUT2D eigenvalue weighted by Crippen LogP contribution is -2.30. The van der Waals surface area contributed by atoms with Crippen molar-refractivity contribution in [2.24, 2.45) is 0 Å². The van der Waals surface area contributed by atoms with Crippen LogP contribution < -0.4 is 14.8 Å². The summed E-state index contributed by atoms with van der Waals surface area (Å²) in [4.78, 5) is 23.7. The van der Waals surface area contributed by atoms with E-state index in [-0.39, 0.29) is 12.6 Å². The molecule has 2 aromatic rings. The lowest BCUT2D eigenvalue weighted by atomic mass is 10.2. The van der Waals surface area contributed by atoms with Gasteiger partial charge in [0.05, 0.1) is 25.5 Å². The molecule has 0 saturated carbocycles. The van der Waals surface area contributed by atoms with Gasteiger partial charge in [-0.15, -0.1) is 0 Å². The number of furan rings is 1. The van der Waals surface area contributed by atoms with Crippen molar-refractivity contribution in [3.63, 3.8) is 0 Å². The summed E-state index contributed by atoms with van der Waals surface area (Å²) >= 11 is 0. The molecule has 1 N–H and O–H groups in total. The minimum atomic E-state index is -0.608. The number of benzene rings is 1. The maximum atomic E-state index is 11.8. The molecule has 3 rings (SSSR count). The molecule has 0 saturated heterocycles. The standard InChI is InChI=1S/C20H21NO6/c1-14(16-4-2-9-24-16)21-19(22)13-27-20(23)8-6-15-5-7-17-18(12-15)26-11-3-10-25-17/h2,4-9,12,14H,3,10-11,13H2,1H3,(H,21,22)/b8-6+/t14-/m0/s1. The van der Waals surface area contributed by atoms with E-state index in [2.05, 4.69) is 5.32 Å². The van der Waals surface area contributed by atoms with Gasteiger partial charge in [0.2, 0.25) is 0 Å². The topological polar surface area (TPSA) is 87.0 Å². The minimum Gasteiger partial charge on any atom is -0.490 e. The van der Waals surface area contributed by atoms with Gasteiger partial charge in [-0.2, -0.15) is 0 Å². The Morgan fingerprint density at radius 2 is 2.04 bits per heavy atom. The lowest BCUT2D eigenvalue weighted by Gasteiger charge is -2.11. The van der Waals surface area contributed by atoms with E-state index in [1.165, 1.54) is 12.3 Å². The summed E-state index contributed by atoms with van der Waals surface area (Å²) in [5.74, 6) is 0.951. The van der Waals surface area contributed by atoms with Crippen molar-refractivity contribution in [1.82, 2.24) is 5.32 Å². The molecule has 0 radical (unpaired) electrons. The van der Waals surface area contributed by atoms with E-state index in [1.807, 2.05) is 6.07 Å². The summed E-state index contributed by atoms with van der Waals surface area (Å²) in [6.45, 7) is 2.63. The third-order valence-electron chi connectivity index (χ3n) is 3.88. The highest BCUT2D eigenvalue weighted by Crippen LogP contribution is 2.30. The molecule has 1 aliphatic rings. The zero-order valence-electron chi connectivity index (χ0n) is 15.0. The van der Waals surface area contributed by atoms with Crippen LogP contribution in [0.1, 0.15) is 30.7 Å². The number of nitrogens with one attached hydrogen (secondary N) is 1. The molecule has 0 bridgehead atoms. The van der Waals surface area contributed by atoms with Crippen LogP contribution in [0, 0.1) is 0 Å². The Balaban J connectivity index is 1.47. The zero-order valence-corrected chi connectivity index (χ0v) is 15.0. The van der Waals surface area contributed by atoms with Crippen LogP contribution in [0.4, 0.5) is 0 Å². The fourth-order valence-electron chi connectivity index (χ4n) is 2.52. The Bertz CT molecular complexity index is 812. The molecule has 1 aliphatic heterocycles. The molecule has 0 fully saturated rings. The van der Waals surface area contributed by atoms with E-state index >= 15 is 0 Å². The van der Waals surface area contributed by atoms with Crippen LogP contribution in [0.25, 0.3) is 6.08 Å². The van der Waals surface area contributed by atoms with Gasteiger partial charge in [0.1, 0.15) is 5.76 Å². The van der Waals surface area contributed by atoms with Gasteiger partial charge in [0, 0.05) is 12.5 Å². The molecule has 27 heavy (non-hydrogen) atoms. The van der Waals surface area contributed by atoms with Crippen molar-refractivity contribution < 1.29 is 28.2 Å². The Kier molecular flexibility index (Phi) is 6.14. The second-order valence-corrected chi connectivity index (χ2v) is 6.00. The van der Waals surface area contributed by atoms with Crippen LogP contribution in [0.5, 0.6) is 11.5 Å². The number of carbonyl (C=O) groups is 2. The van der Waals surface area contributed by atoms with Gasteiger partial charge in [-0.25, -0.2) is 4.79 Å². The first kappa shape index (κ1) is 18.6. The smallest absolute Gasteiger partial charge is 0.331 e. The number of amides is 1. The fraction of sp³-hybridized carbons (Fsp3) is 0.300. The van der Waals surface area contributed by atoms with Gasteiger partial charge in [-0.1, -0.05) is 6.07 Å². The first-order valence-corrected chi connectivity index (χ1v) is 8.69. The maximum Gasteiger partial charge on any atom is 0.331 e. The van der Waals surface area contributed by atoms with Crippen molar-refractivity contribution >= 4 is 18.0 Å². The highest BCUT2D eigenvalue weighted by atomic mass is 16.5. The maximum absolute atomic E-state index is 11.8. The van der Waals surface area contributed by atoms with Crippen molar-refractivity contribution in [2.45, 2.75) is 19.4 Å². The van der Waals surface area contributed by atoms with Crippen molar-refractivity contribution in [2.75, 3.05) is 19.8 Å². The summed E-state index contributed by atoms with van der Waals surface area (Å²) in [5.41, 5.74) is 0.770. The van der Waals surface area contributed by atoms with E-state index < -0.39 is 11.9 Å². The molecule has 7 nitrogen and oxygen atoms in total. The summed E-state index contributed by atoms with van der Waals surface area (Å²) in [6.07, 6.45) is 5.22. The van der Waals surface area contributed by atoms with Gasteiger partial charge < -0.3 is 23.9 Å². The Morgan fingerprint density at radius 3 is 2.81 bits per heavy atom. The van der Waals surface area contributed by atoms with Crippen LogP contribution in [-0.2, 0) is 14.3 Å². The summed E-state index contributed by atoms with van der Waals surface area (Å²) < 4.78 is 21.3. The molecular weight excluding hydrogens is 350 g/mol. The highest BCUT2D eigenvalue weighted by molar-refractivity contribution is 5.89. The molecule has 1 aromatic heterocycles. The Morgan fingerprint density at radius 1 is 1.22 bits per heavy atom. The molecule has 0 unspecified atom stereocenters. The second-order valence-electron chi connectivity index (χ2n) is 6.00. The quantitative estimate of drug-likeness (QED) is 0.621. The number of ether oxygens (including phenoxy) is 3. The summed E-state index contributed by atoms with van der Waals surface area (Å²) in [6, 6.07) is 8.60. The molecule has 7 heteroatoms. The molecule has 1 atom stereocenters. The van der Waals surface area contributed by atoms with Gasteiger partial charge in [-0.3, -0.25) is 4.79 Å². The normalized spacial score (nSPS) is 14.4. The number of fused-ring (bicyclic) bond motifs is 1. The first-order chi connectivity index (χ1) is 13.1. The van der Waals surface area contributed by atoms with Crippen LogP contribution in [0.3, 0.4) is 0 Å². The molecule has 1 amide bonds. The monoisotopic (exact) mass is 371 g/mol. The number of rotatable bonds is 6. The zero-order chi connectivity index (χ0) is 19.1. The highest BCUT2D eigenvalue weighted by Gasteiger charge is 2.13. The van der Waals surface area contributed by atoms with Crippen LogP contribution in [-0.4, -0.2) is 31.7 Å². The minimum absolute atomic E-state index is 0.302. The molecular formula is C20H21NO6. The van der Waals surface area contributed by atoms with Crippen LogP contribution in [0.15, 0.2) is 47.1 Å². The fourth-order valence-corrected chi connectivity index (χ4v) is 2.52. The van der Waals surface area contributed by atoms with Crippen molar-refractivity contribution in [3.8, 4) is 11.5 Å². The Hall–Kier alpha value is -3.22.